The van der Waals surface area contributed by atoms with E-state index < -0.39 is 0 Å². The normalized spacial score (nSPS) is 13.2. The van der Waals surface area contributed by atoms with Gasteiger partial charge in [-0.2, -0.15) is 5.10 Å². The maximum Gasteiger partial charge on any atom is 0.251 e. The third kappa shape index (κ3) is 4.72. The van der Waals surface area contributed by atoms with E-state index in [1.165, 1.54) is 10.4 Å². The molecule has 3 aromatic heterocycles. The van der Waals surface area contributed by atoms with Gasteiger partial charge < -0.3 is 10.2 Å². The van der Waals surface area contributed by atoms with Crippen LogP contribution in [-0.2, 0) is 29.0 Å². The van der Waals surface area contributed by atoms with E-state index in [-0.39, 0.29) is 18.2 Å². The van der Waals surface area contributed by atoms with Crippen molar-refractivity contribution < 1.29 is 9.59 Å². The third-order valence-electron chi connectivity index (χ3n) is 5.76. The van der Waals surface area contributed by atoms with Gasteiger partial charge in [-0.05, 0) is 57.2 Å². The van der Waals surface area contributed by atoms with Gasteiger partial charge in [0.1, 0.15) is 0 Å². The van der Waals surface area contributed by atoms with Crippen molar-refractivity contribution in [2.75, 3.05) is 13.1 Å². The predicted molar refractivity (Wildman–Crippen MR) is 123 cm³/mol. The zero-order valence-electron chi connectivity index (χ0n) is 18.9. The Morgan fingerprint density at radius 2 is 1.91 bits per heavy atom. The summed E-state index contributed by atoms with van der Waals surface area (Å²) in [5.74, 6) is 0.466. The van der Waals surface area contributed by atoms with Gasteiger partial charge in [0.05, 0.1) is 12.1 Å². The van der Waals surface area contributed by atoms with Crippen molar-refractivity contribution in [2.45, 2.75) is 53.5 Å². The highest BCUT2D eigenvalue weighted by Crippen LogP contribution is 2.24. The van der Waals surface area contributed by atoms with Crippen LogP contribution in [0.2, 0.25) is 0 Å². The summed E-state index contributed by atoms with van der Waals surface area (Å²) in [7, 11) is 0. The number of fused-ring (bicyclic) bond motifs is 1. The predicted octanol–water partition coefficient (Wildman–Crippen LogP) is 2.59. The largest absolute Gasteiger partial charge is 0.355 e. The lowest BCUT2D eigenvalue weighted by Gasteiger charge is -2.27. The van der Waals surface area contributed by atoms with Crippen LogP contribution in [-0.4, -0.2) is 49.6 Å². The number of aryl methyl sites for hydroxylation is 3. The van der Waals surface area contributed by atoms with Crippen LogP contribution in [0, 0.1) is 27.7 Å². The van der Waals surface area contributed by atoms with E-state index in [4.69, 9.17) is 0 Å². The molecule has 8 nitrogen and oxygen atoms in total. The minimum Gasteiger partial charge on any atom is -0.355 e. The van der Waals surface area contributed by atoms with E-state index in [9.17, 15) is 9.59 Å². The molecule has 168 valence electrons. The number of hydrogen-bond acceptors (Lipinski definition) is 6. The van der Waals surface area contributed by atoms with Crippen LogP contribution in [0.1, 0.15) is 45.2 Å². The molecule has 0 unspecified atom stereocenters. The van der Waals surface area contributed by atoms with Crippen molar-refractivity contribution in [2.24, 2.45) is 0 Å². The molecule has 0 saturated heterocycles. The van der Waals surface area contributed by atoms with Gasteiger partial charge in [0.25, 0.3) is 5.95 Å². The molecule has 0 aromatic carbocycles. The van der Waals surface area contributed by atoms with Gasteiger partial charge in [-0.1, -0.05) is 0 Å². The monoisotopic (exact) mass is 452 g/mol. The highest BCUT2D eigenvalue weighted by Gasteiger charge is 2.22. The first-order chi connectivity index (χ1) is 15.3. The summed E-state index contributed by atoms with van der Waals surface area (Å²) in [6.07, 6.45) is 1.43. The number of rotatable bonds is 6. The number of nitrogens with one attached hydrogen (secondary N) is 1. The molecule has 0 radical (unpaired) electrons. The quantitative estimate of drug-likeness (QED) is 0.621. The second kappa shape index (κ2) is 9.20. The average Bonchev–Trinajstić information content (AvgIpc) is 3.32. The van der Waals surface area contributed by atoms with Gasteiger partial charge in [0.15, 0.2) is 0 Å². The molecule has 2 amide bonds. The second-order valence-electron chi connectivity index (χ2n) is 8.22. The molecular weight excluding hydrogens is 424 g/mol. The maximum absolute atomic E-state index is 12.6. The molecule has 0 atom stereocenters. The average molecular weight is 453 g/mol. The van der Waals surface area contributed by atoms with Crippen molar-refractivity contribution in [1.82, 2.24) is 30.0 Å². The van der Waals surface area contributed by atoms with Gasteiger partial charge in [0, 0.05) is 53.6 Å². The first kappa shape index (κ1) is 22.1. The van der Waals surface area contributed by atoms with E-state index in [2.05, 4.69) is 31.8 Å². The number of carbonyl (C=O) groups is 2. The van der Waals surface area contributed by atoms with Crippen molar-refractivity contribution in [3.05, 3.63) is 56.3 Å². The third-order valence-corrected chi connectivity index (χ3v) is 6.78. The Morgan fingerprint density at radius 3 is 2.66 bits per heavy atom. The van der Waals surface area contributed by atoms with Crippen LogP contribution in [0.5, 0.6) is 0 Å². The van der Waals surface area contributed by atoms with Crippen molar-refractivity contribution >= 4 is 23.2 Å². The topological polar surface area (TPSA) is 93.0 Å². The number of nitrogens with zero attached hydrogens (tertiary/aromatic N) is 5. The minimum absolute atomic E-state index is 0.0781. The van der Waals surface area contributed by atoms with E-state index in [1.807, 2.05) is 38.7 Å². The van der Waals surface area contributed by atoms with Crippen LogP contribution in [0.15, 0.2) is 17.5 Å². The minimum atomic E-state index is -0.122. The Balaban J connectivity index is 1.32. The van der Waals surface area contributed by atoms with E-state index in [0.29, 0.717) is 25.5 Å². The smallest absolute Gasteiger partial charge is 0.251 e. The van der Waals surface area contributed by atoms with Crippen molar-refractivity contribution in [3.63, 3.8) is 0 Å². The van der Waals surface area contributed by atoms with Crippen molar-refractivity contribution in [1.29, 1.82) is 0 Å². The molecule has 9 heteroatoms. The van der Waals surface area contributed by atoms with Crippen LogP contribution in [0.4, 0.5) is 0 Å². The Kier molecular flexibility index (Phi) is 6.36. The van der Waals surface area contributed by atoms with Crippen LogP contribution < -0.4 is 5.32 Å². The molecule has 4 heterocycles. The number of hydrogen-bond donors (Lipinski definition) is 1. The molecule has 3 aromatic rings. The molecule has 1 N–H and O–H groups in total. The molecule has 0 saturated carbocycles. The standard InChI is InChI=1S/C23H28N6O2S/c1-14-11-15(2)26-23(25-14)29-17(4)19(16(3)27-29)12-21(30)24-8-5-22(31)28-9-6-20-18(13-28)7-10-32-20/h7,10-11H,5-6,8-9,12-13H2,1-4H3,(H,24,30). The molecule has 32 heavy (non-hydrogen) atoms. The summed E-state index contributed by atoms with van der Waals surface area (Å²) in [5.41, 5.74) is 5.46. The van der Waals surface area contributed by atoms with Gasteiger partial charge in [0.2, 0.25) is 11.8 Å². The Bertz CT molecular complexity index is 1150. The lowest BCUT2D eigenvalue weighted by atomic mass is 10.1. The van der Waals surface area contributed by atoms with E-state index in [0.717, 1.165) is 41.3 Å². The SMILES string of the molecule is Cc1cc(C)nc(-n2nc(C)c(CC(=O)NCCC(=O)N3CCc4sccc4C3)c2C)n1. The van der Waals surface area contributed by atoms with Gasteiger partial charge in [-0.3, -0.25) is 9.59 Å². The molecule has 0 fully saturated rings. The number of thiophene rings is 1. The lowest BCUT2D eigenvalue weighted by molar-refractivity contribution is -0.132. The molecule has 0 aliphatic carbocycles. The highest BCUT2D eigenvalue weighted by molar-refractivity contribution is 7.10. The number of carbonyl (C=O) groups excluding carboxylic acids is 2. The summed E-state index contributed by atoms with van der Waals surface area (Å²) in [6.45, 7) is 9.39. The maximum atomic E-state index is 12.6. The Labute approximate surface area is 191 Å². The Hall–Kier alpha value is -3.07. The van der Waals surface area contributed by atoms with Crippen LogP contribution >= 0.6 is 11.3 Å². The first-order valence-corrected chi connectivity index (χ1v) is 11.7. The number of amides is 2. The fourth-order valence-corrected chi connectivity index (χ4v) is 4.97. The van der Waals surface area contributed by atoms with Crippen molar-refractivity contribution in [3.8, 4) is 5.95 Å². The van der Waals surface area contributed by atoms with Gasteiger partial charge >= 0.3 is 0 Å². The summed E-state index contributed by atoms with van der Waals surface area (Å²) in [6, 6.07) is 4.00. The fourth-order valence-electron chi connectivity index (χ4n) is 4.08. The zero-order valence-corrected chi connectivity index (χ0v) is 19.8. The molecule has 0 spiro atoms. The highest BCUT2D eigenvalue weighted by atomic mass is 32.1. The molecule has 1 aliphatic heterocycles. The summed E-state index contributed by atoms with van der Waals surface area (Å²) >= 11 is 1.76. The molecule has 1 aliphatic rings. The molecule has 0 bridgehead atoms. The van der Waals surface area contributed by atoms with Gasteiger partial charge in [-0.15, -0.1) is 11.3 Å². The molecular formula is C23H28N6O2S. The summed E-state index contributed by atoms with van der Waals surface area (Å²) in [5, 5.41) is 9.52. The molecule has 4 rings (SSSR count). The second-order valence-corrected chi connectivity index (χ2v) is 9.22. The summed E-state index contributed by atoms with van der Waals surface area (Å²) < 4.78 is 1.69. The Morgan fingerprint density at radius 1 is 1.16 bits per heavy atom. The fraction of sp³-hybridized carbons (Fsp3) is 0.435. The van der Waals surface area contributed by atoms with E-state index in [1.54, 1.807) is 16.0 Å². The first-order valence-electron chi connectivity index (χ1n) is 10.8. The van der Waals surface area contributed by atoms with E-state index >= 15 is 0 Å². The van der Waals surface area contributed by atoms with Crippen LogP contribution in [0.3, 0.4) is 0 Å². The number of aromatic nitrogens is 4. The summed E-state index contributed by atoms with van der Waals surface area (Å²) in [4.78, 5) is 37.3. The zero-order chi connectivity index (χ0) is 22.8. The van der Waals surface area contributed by atoms with Crippen LogP contribution in [0.25, 0.3) is 5.95 Å². The van der Waals surface area contributed by atoms with Gasteiger partial charge in [-0.25, -0.2) is 14.6 Å². The lowest BCUT2D eigenvalue weighted by Crippen LogP contribution is -2.37.